The third-order valence-corrected chi connectivity index (χ3v) is 2.42. The van der Waals surface area contributed by atoms with Crippen LogP contribution in [0.3, 0.4) is 0 Å². The highest BCUT2D eigenvalue weighted by Crippen LogP contribution is 2.17. The summed E-state index contributed by atoms with van der Waals surface area (Å²) in [6.07, 6.45) is 0.406. The molecule has 0 saturated heterocycles. The second kappa shape index (κ2) is 5.49. The van der Waals surface area contributed by atoms with E-state index >= 15 is 0 Å². The summed E-state index contributed by atoms with van der Waals surface area (Å²) in [6.45, 7) is 2.23. The van der Waals surface area contributed by atoms with E-state index < -0.39 is 0 Å². The molecule has 0 bridgehead atoms. The molecule has 3 nitrogen and oxygen atoms in total. The van der Waals surface area contributed by atoms with E-state index in [-0.39, 0.29) is 11.7 Å². The van der Waals surface area contributed by atoms with Crippen molar-refractivity contribution < 1.29 is 9.18 Å². The Hall–Kier alpha value is -1.58. The zero-order chi connectivity index (χ0) is 12.1. The third-order valence-electron chi connectivity index (χ3n) is 2.42. The Kier molecular flexibility index (Phi) is 4.28. The summed E-state index contributed by atoms with van der Waals surface area (Å²) >= 11 is 0. The van der Waals surface area contributed by atoms with Crippen LogP contribution in [0.1, 0.15) is 12.0 Å². The van der Waals surface area contributed by atoms with Crippen LogP contribution in [0.15, 0.2) is 18.2 Å². The molecule has 0 fully saturated rings. The first-order valence-corrected chi connectivity index (χ1v) is 5.21. The summed E-state index contributed by atoms with van der Waals surface area (Å²) in [5, 5.41) is 3.05. The van der Waals surface area contributed by atoms with Gasteiger partial charge >= 0.3 is 0 Å². The van der Waals surface area contributed by atoms with E-state index in [4.69, 9.17) is 0 Å². The number of nitrogens with one attached hydrogen (secondary N) is 1. The topological polar surface area (TPSA) is 32.3 Å². The second-order valence-electron chi connectivity index (χ2n) is 3.88. The monoisotopic (exact) mass is 224 g/mol. The highest BCUT2D eigenvalue weighted by atomic mass is 19.1. The number of carbonyl (C=O) groups excluding carboxylic acids is 1. The lowest BCUT2D eigenvalue weighted by molar-refractivity contribution is -0.128. The molecule has 0 aliphatic carbocycles. The maximum Gasteiger partial charge on any atom is 0.223 e. The van der Waals surface area contributed by atoms with Gasteiger partial charge in [0.1, 0.15) is 5.82 Å². The van der Waals surface area contributed by atoms with Gasteiger partial charge in [0, 0.05) is 38.3 Å². The number of hydrogen-bond donors (Lipinski definition) is 1. The molecule has 1 rings (SSSR count). The summed E-state index contributed by atoms with van der Waals surface area (Å²) in [7, 11) is 3.44. The van der Waals surface area contributed by atoms with Crippen LogP contribution in [0.2, 0.25) is 0 Å². The minimum atomic E-state index is -0.232. The average Bonchev–Trinajstić information content (AvgIpc) is 2.24. The Morgan fingerprint density at radius 1 is 1.44 bits per heavy atom. The van der Waals surface area contributed by atoms with Gasteiger partial charge in [-0.1, -0.05) is 6.07 Å². The molecule has 0 aromatic heterocycles. The molecular formula is C12H17FN2O. The molecule has 0 aliphatic heterocycles. The molecule has 0 heterocycles. The van der Waals surface area contributed by atoms with Crippen molar-refractivity contribution in [3.63, 3.8) is 0 Å². The van der Waals surface area contributed by atoms with E-state index in [1.165, 1.54) is 6.07 Å². The van der Waals surface area contributed by atoms with Gasteiger partial charge < -0.3 is 10.2 Å². The van der Waals surface area contributed by atoms with Crippen molar-refractivity contribution in [2.75, 3.05) is 26.0 Å². The molecule has 16 heavy (non-hydrogen) atoms. The molecule has 0 spiro atoms. The Balaban J connectivity index is 2.49. The first-order chi connectivity index (χ1) is 7.52. The molecule has 1 aromatic rings. The van der Waals surface area contributed by atoms with Crippen molar-refractivity contribution in [3.05, 3.63) is 29.6 Å². The van der Waals surface area contributed by atoms with Crippen molar-refractivity contribution in [1.29, 1.82) is 0 Å². The zero-order valence-electron chi connectivity index (χ0n) is 9.88. The molecular weight excluding hydrogens is 207 g/mol. The SMILES string of the molecule is Cc1c(F)cccc1NCCC(=O)N(C)C. The first-order valence-electron chi connectivity index (χ1n) is 5.21. The molecule has 0 atom stereocenters. The van der Waals surface area contributed by atoms with Crippen LogP contribution in [-0.2, 0) is 4.79 Å². The summed E-state index contributed by atoms with van der Waals surface area (Å²) < 4.78 is 13.2. The summed E-state index contributed by atoms with van der Waals surface area (Å²) in [6, 6.07) is 4.88. The second-order valence-corrected chi connectivity index (χ2v) is 3.88. The molecule has 0 radical (unpaired) electrons. The Labute approximate surface area is 95.3 Å². The maximum atomic E-state index is 13.2. The zero-order valence-corrected chi connectivity index (χ0v) is 9.88. The highest BCUT2D eigenvalue weighted by molar-refractivity contribution is 5.76. The van der Waals surface area contributed by atoms with Crippen LogP contribution in [0.5, 0.6) is 0 Å². The minimum Gasteiger partial charge on any atom is -0.384 e. The van der Waals surface area contributed by atoms with Crippen LogP contribution in [0.4, 0.5) is 10.1 Å². The average molecular weight is 224 g/mol. The lowest BCUT2D eigenvalue weighted by Gasteiger charge is -2.12. The fraction of sp³-hybridized carbons (Fsp3) is 0.417. The fourth-order valence-electron chi connectivity index (χ4n) is 1.33. The van der Waals surface area contributed by atoms with Gasteiger partial charge in [0.15, 0.2) is 0 Å². The largest absolute Gasteiger partial charge is 0.384 e. The number of carbonyl (C=O) groups is 1. The van der Waals surface area contributed by atoms with Crippen LogP contribution in [0.25, 0.3) is 0 Å². The lowest BCUT2D eigenvalue weighted by atomic mass is 10.2. The first kappa shape index (κ1) is 12.5. The van der Waals surface area contributed by atoms with Gasteiger partial charge in [0.05, 0.1) is 0 Å². The van der Waals surface area contributed by atoms with Crippen LogP contribution >= 0.6 is 0 Å². The van der Waals surface area contributed by atoms with Gasteiger partial charge in [-0.15, -0.1) is 0 Å². The number of nitrogens with zero attached hydrogens (tertiary/aromatic N) is 1. The van der Waals surface area contributed by atoms with E-state index in [9.17, 15) is 9.18 Å². The van der Waals surface area contributed by atoms with E-state index in [1.807, 2.05) is 0 Å². The summed E-state index contributed by atoms with van der Waals surface area (Å²) in [5.41, 5.74) is 1.33. The predicted molar refractivity (Wildman–Crippen MR) is 62.9 cm³/mol. The van der Waals surface area contributed by atoms with Crippen molar-refractivity contribution in [2.24, 2.45) is 0 Å². The smallest absolute Gasteiger partial charge is 0.223 e. The summed E-state index contributed by atoms with van der Waals surface area (Å²) in [5.74, 6) is -0.175. The van der Waals surface area contributed by atoms with Crippen molar-refractivity contribution >= 4 is 11.6 Å². The van der Waals surface area contributed by atoms with Crippen molar-refractivity contribution in [3.8, 4) is 0 Å². The van der Waals surface area contributed by atoms with E-state index in [2.05, 4.69) is 5.32 Å². The maximum absolute atomic E-state index is 13.2. The fourth-order valence-corrected chi connectivity index (χ4v) is 1.33. The third kappa shape index (κ3) is 3.22. The number of rotatable bonds is 4. The van der Waals surface area contributed by atoms with E-state index in [1.54, 1.807) is 38.1 Å². The van der Waals surface area contributed by atoms with Gasteiger partial charge in [0.25, 0.3) is 0 Å². The Morgan fingerprint density at radius 2 is 2.12 bits per heavy atom. The van der Waals surface area contributed by atoms with Crippen molar-refractivity contribution in [2.45, 2.75) is 13.3 Å². The van der Waals surface area contributed by atoms with Crippen molar-refractivity contribution in [1.82, 2.24) is 4.90 Å². The predicted octanol–water partition coefficient (Wildman–Crippen LogP) is 2.02. The number of halogens is 1. The number of benzene rings is 1. The van der Waals surface area contributed by atoms with Crippen LogP contribution < -0.4 is 5.32 Å². The minimum absolute atomic E-state index is 0.0570. The molecule has 1 amide bonds. The van der Waals surface area contributed by atoms with Gasteiger partial charge in [0.2, 0.25) is 5.91 Å². The van der Waals surface area contributed by atoms with Crippen LogP contribution in [-0.4, -0.2) is 31.4 Å². The molecule has 0 unspecified atom stereocenters. The van der Waals surface area contributed by atoms with E-state index in [0.29, 0.717) is 18.5 Å². The van der Waals surface area contributed by atoms with Gasteiger partial charge in [-0.25, -0.2) is 4.39 Å². The molecule has 1 aromatic carbocycles. The molecule has 0 aliphatic rings. The quantitative estimate of drug-likeness (QED) is 0.848. The lowest BCUT2D eigenvalue weighted by Crippen LogP contribution is -2.24. The molecule has 0 saturated carbocycles. The summed E-state index contributed by atoms with van der Waals surface area (Å²) in [4.78, 5) is 12.8. The van der Waals surface area contributed by atoms with Gasteiger partial charge in [-0.05, 0) is 19.1 Å². The number of anilines is 1. The van der Waals surface area contributed by atoms with Gasteiger partial charge in [-0.2, -0.15) is 0 Å². The molecule has 88 valence electrons. The number of hydrogen-bond acceptors (Lipinski definition) is 2. The Bertz CT molecular complexity index is 377. The van der Waals surface area contributed by atoms with Crippen LogP contribution in [0, 0.1) is 12.7 Å². The number of amides is 1. The van der Waals surface area contributed by atoms with Gasteiger partial charge in [-0.3, -0.25) is 4.79 Å². The standard InChI is InChI=1S/C12H17FN2O/c1-9-10(13)5-4-6-11(9)14-8-7-12(16)15(2)3/h4-6,14H,7-8H2,1-3H3. The highest BCUT2D eigenvalue weighted by Gasteiger charge is 2.05. The Morgan fingerprint density at radius 3 is 2.75 bits per heavy atom. The molecule has 1 N–H and O–H groups in total. The van der Waals surface area contributed by atoms with E-state index in [0.717, 1.165) is 5.69 Å². The molecule has 4 heteroatoms. The normalized spacial score (nSPS) is 10.0.